The lowest BCUT2D eigenvalue weighted by Crippen LogP contribution is -2.26. The predicted molar refractivity (Wildman–Crippen MR) is 93.6 cm³/mol. The highest BCUT2D eigenvalue weighted by Gasteiger charge is 2.31. The molecule has 0 saturated heterocycles. The van der Waals surface area contributed by atoms with Gasteiger partial charge in [-0.2, -0.15) is 13.2 Å². The molecular weight excluding hydrogens is 381 g/mol. The number of nitrogens with one attached hydrogen (secondary N) is 2. The first-order valence-electron chi connectivity index (χ1n) is 8.22. The first-order valence-corrected chi connectivity index (χ1v) is 9.70. The molecule has 0 aromatic heterocycles. The van der Waals surface area contributed by atoms with E-state index >= 15 is 0 Å². The highest BCUT2D eigenvalue weighted by Crippen LogP contribution is 2.30. The SMILES string of the molecule is O=C(Cc1ccc(NS(=O)(=O)c2cccc(C(F)(F)F)c2)cc1)NC1CC1. The first kappa shape index (κ1) is 19.2. The topological polar surface area (TPSA) is 75.3 Å². The molecular formula is C18H17F3N2O3S. The average molecular weight is 398 g/mol. The molecule has 1 aliphatic rings. The van der Waals surface area contributed by atoms with Gasteiger partial charge in [-0.3, -0.25) is 9.52 Å². The van der Waals surface area contributed by atoms with Crippen molar-refractivity contribution in [1.82, 2.24) is 5.32 Å². The number of benzene rings is 2. The Balaban J connectivity index is 1.69. The number of hydrogen-bond donors (Lipinski definition) is 2. The molecule has 0 radical (unpaired) electrons. The quantitative estimate of drug-likeness (QED) is 0.784. The molecule has 0 atom stereocenters. The van der Waals surface area contributed by atoms with Crippen LogP contribution in [0.25, 0.3) is 0 Å². The van der Waals surface area contributed by atoms with Gasteiger partial charge in [0.25, 0.3) is 10.0 Å². The molecule has 0 bridgehead atoms. The Labute approximate surface area is 154 Å². The fourth-order valence-corrected chi connectivity index (χ4v) is 3.54. The normalized spacial score (nSPS) is 14.6. The molecule has 0 unspecified atom stereocenters. The number of carbonyl (C=O) groups is 1. The van der Waals surface area contributed by atoms with Crippen molar-refractivity contribution >= 4 is 21.6 Å². The maximum Gasteiger partial charge on any atom is 0.416 e. The number of carbonyl (C=O) groups excluding carboxylic acids is 1. The largest absolute Gasteiger partial charge is 0.416 e. The van der Waals surface area contributed by atoms with Crippen molar-refractivity contribution in [3.05, 3.63) is 59.7 Å². The van der Waals surface area contributed by atoms with E-state index in [9.17, 15) is 26.4 Å². The van der Waals surface area contributed by atoms with Crippen molar-refractivity contribution in [3.8, 4) is 0 Å². The van der Waals surface area contributed by atoms with Crippen LogP contribution in [0, 0.1) is 0 Å². The Hall–Kier alpha value is -2.55. The fraction of sp³-hybridized carbons (Fsp3) is 0.278. The zero-order valence-corrected chi connectivity index (χ0v) is 14.9. The molecule has 0 spiro atoms. The second kappa shape index (κ2) is 7.22. The third-order valence-electron chi connectivity index (χ3n) is 3.98. The fourth-order valence-electron chi connectivity index (χ4n) is 2.44. The number of halogens is 3. The highest BCUT2D eigenvalue weighted by molar-refractivity contribution is 7.92. The minimum absolute atomic E-state index is 0.102. The van der Waals surface area contributed by atoms with Gasteiger partial charge in [0, 0.05) is 11.7 Å². The van der Waals surface area contributed by atoms with Gasteiger partial charge in [-0.25, -0.2) is 8.42 Å². The van der Waals surface area contributed by atoms with Crippen LogP contribution < -0.4 is 10.0 Å². The van der Waals surface area contributed by atoms with Gasteiger partial charge < -0.3 is 5.32 Å². The Morgan fingerprint density at radius 1 is 1.07 bits per heavy atom. The smallest absolute Gasteiger partial charge is 0.353 e. The van der Waals surface area contributed by atoms with Crippen LogP contribution >= 0.6 is 0 Å². The molecule has 2 aromatic rings. The van der Waals surface area contributed by atoms with E-state index in [2.05, 4.69) is 10.0 Å². The summed E-state index contributed by atoms with van der Waals surface area (Å²) in [5.74, 6) is -0.102. The second-order valence-electron chi connectivity index (χ2n) is 6.35. The van der Waals surface area contributed by atoms with Gasteiger partial charge >= 0.3 is 6.18 Å². The van der Waals surface area contributed by atoms with E-state index in [1.807, 2.05) is 0 Å². The number of rotatable bonds is 6. The van der Waals surface area contributed by atoms with Crippen molar-refractivity contribution in [3.63, 3.8) is 0 Å². The number of hydrogen-bond acceptors (Lipinski definition) is 3. The Bertz CT molecular complexity index is 937. The van der Waals surface area contributed by atoms with E-state index in [0.29, 0.717) is 11.6 Å². The van der Waals surface area contributed by atoms with Crippen LogP contribution in [0.15, 0.2) is 53.4 Å². The molecule has 144 valence electrons. The third-order valence-corrected chi connectivity index (χ3v) is 5.36. The lowest BCUT2D eigenvalue weighted by atomic mass is 10.1. The Morgan fingerprint density at radius 3 is 2.33 bits per heavy atom. The van der Waals surface area contributed by atoms with Gasteiger partial charge in [-0.15, -0.1) is 0 Å². The summed E-state index contributed by atoms with van der Waals surface area (Å²) in [6, 6.07) is 9.89. The molecule has 27 heavy (non-hydrogen) atoms. The van der Waals surface area contributed by atoms with Gasteiger partial charge in [0.2, 0.25) is 5.91 Å². The summed E-state index contributed by atoms with van der Waals surface area (Å²) in [6.45, 7) is 0. The molecule has 0 heterocycles. The van der Waals surface area contributed by atoms with Crippen molar-refractivity contribution in [1.29, 1.82) is 0 Å². The van der Waals surface area contributed by atoms with E-state index in [0.717, 1.165) is 31.0 Å². The predicted octanol–water partition coefficient (Wildman–Crippen LogP) is 3.33. The number of amides is 1. The van der Waals surface area contributed by atoms with Crippen molar-refractivity contribution < 1.29 is 26.4 Å². The van der Waals surface area contributed by atoms with Crippen LogP contribution in [0.1, 0.15) is 24.0 Å². The monoisotopic (exact) mass is 398 g/mol. The Morgan fingerprint density at radius 2 is 1.74 bits per heavy atom. The van der Waals surface area contributed by atoms with E-state index in [4.69, 9.17) is 0 Å². The lowest BCUT2D eigenvalue weighted by Gasteiger charge is -2.11. The number of anilines is 1. The summed E-state index contributed by atoms with van der Waals surface area (Å²) >= 11 is 0. The molecule has 0 aliphatic heterocycles. The van der Waals surface area contributed by atoms with Gasteiger partial charge in [0.05, 0.1) is 16.9 Å². The highest BCUT2D eigenvalue weighted by atomic mass is 32.2. The molecule has 9 heteroatoms. The zero-order valence-electron chi connectivity index (χ0n) is 14.1. The summed E-state index contributed by atoms with van der Waals surface area (Å²) in [7, 11) is -4.17. The van der Waals surface area contributed by atoms with Crippen molar-refractivity contribution in [2.24, 2.45) is 0 Å². The van der Waals surface area contributed by atoms with Gasteiger partial charge in [-0.05, 0) is 48.7 Å². The van der Waals surface area contributed by atoms with E-state index in [1.165, 1.54) is 12.1 Å². The molecule has 1 aliphatic carbocycles. The maximum atomic E-state index is 12.8. The maximum absolute atomic E-state index is 12.8. The van der Waals surface area contributed by atoms with Crippen LogP contribution in [0.2, 0.25) is 0 Å². The number of alkyl halides is 3. The summed E-state index contributed by atoms with van der Waals surface area (Å²) < 4.78 is 65.2. The molecule has 2 N–H and O–H groups in total. The summed E-state index contributed by atoms with van der Waals surface area (Å²) in [5, 5.41) is 2.85. The standard InChI is InChI=1S/C18H17F3N2O3S/c19-18(20,21)13-2-1-3-16(11-13)27(25,26)23-15-6-4-12(5-7-15)10-17(24)22-14-8-9-14/h1-7,11,14,23H,8-10H2,(H,22,24). The lowest BCUT2D eigenvalue weighted by molar-refractivity contribution is -0.137. The van der Waals surface area contributed by atoms with Gasteiger partial charge in [0.1, 0.15) is 0 Å². The second-order valence-corrected chi connectivity index (χ2v) is 8.03. The van der Waals surface area contributed by atoms with E-state index < -0.39 is 26.7 Å². The summed E-state index contributed by atoms with van der Waals surface area (Å²) in [4.78, 5) is 11.3. The Kier molecular flexibility index (Phi) is 5.14. The van der Waals surface area contributed by atoms with Crippen molar-refractivity contribution in [2.75, 3.05) is 4.72 Å². The molecule has 5 nitrogen and oxygen atoms in total. The van der Waals surface area contributed by atoms with Crippen LogP contribution in [0.3, 0.4) is 0 Å². The van der Waals surface area contributed by atoms with Crippen LogP contribution in [0.4, 0.5) is 18.9 Å². The van der Waals surface area contributed by atoms with E-state index in [1.54, 1.807) is 12.1 Å². The minimum atomic E-state index is -4.63. The molecule has 1 saturated carbocycles. The van der Waals surface area contributed by atoms with Gasteiger partial charge in [0.15, 0.2) is 0 Å². The van der Waals surface area contributed by atoms with Crippen LogP contribution in [-0.2, 0) is 27.4 Å². The van der Waals surface area contributed by atoms with Crippen LogP contribution in [-0.4, -0.2) is 20.4 Å². The minimum Gasteiger partial charge on any atom is -0.353 e. The molecule has 1 fully saturated rings. The van der Waals surface area contributed by atoms with Gasteiger partial charge in [-0.1, -0.05) is 18.2 Å². The molecule has 1 amide bonds. The average Bonchev–Trinajstić information content (AvgIpc) is 3.39. The number of sulfonamides is 1. The summed E-state index contributed by atoms with van der Waals surface area (Å²) in [6.07, 6.45) is -2.48. The van der Waals surface area contributed by atoms with E-state index in [-0.39, 0.29) is 24.1 Å². The first-order chi connectivity index (χ1) is 12.6. The van der Waals surface area contributed by atoms with Crippen LogP contribution in [0.5, 0.6) is 0 Å². The van der Waals surface area contributed by atoms with Crippen molar-refractivity contribution in [2.45, 2.75) is 36.4 Å². The molecule has 2 aromatic carbocycles. The zero-order chi connectivity index (χ0) is 19.7. The third kappa shape index (κ3) is 5.22. The molecule has 3 rings (SSSR count). The summed E-state index contributed by atoms with van der Waals surface area (Å²) in [5.41, 5.74) is -0.142.